The fourth-order valence-electron chi connectivity index (χ4n) is 2.36. The van der Waals surface area contributed by atoms with Crippen molar-refractivity contribution >= 4 is 0 Å². The van der Waals surface area contributed by atoms with E-state index in [-0.39, 0.29) is 6.23 Å². The molecule has 0 amide bonds. The zero-order valence-electron chi connectivity index (χ0n) is 8.45. The Balaban J connectivity index is 2.52. The molecule has 0 spiro atoms. The maximum atomic E-state index is 9.57. The van der Waals surface area contributed by atoms with Crippen LogP contribution in [0.2, 0.25) is 0 Å². The highest BCUT2D eigenvalue weighted by Gasteiger charge is 2.27. The van der Waals surface area contributed by atoms with E-state index in [0.29, 0.717) is 12.1 Å². The highest BCUT2D eigenvalue weighted by molar-refractivity contribution is 4.79. The third-order valence-electron chi connectivity index (χ3n) is 2.77. The molecule has 2 nitrogen and oxygen atoms in total. The van der Waals surface area contributed by atoms with Gasteiger partial charge in [0.2, 0.25) is 0 Å². The first-order chi connectivity index (χ1) is 5.63. The molecule has 1 aliphatic rings. The topological polar surface area (TPSA) is 23.5 Å². The summed E-state index contributed by atoms with van der Waals surface area (Å²) in [6.45, 7) is 6.19. The Morgan fingerprint density at radius 1 is 1.17 bits per heavy atom. The van der Waals surface area contributed by atoms with Crippen molar-refractivity contribution in [2.75, 3.05) is 0 Å². The van der Waals surface area contributed by atoms with Crippen LogP contribution in [0.3, 0.4) is 0 Å². The van der Waals surface area contributed by atoms with Gasteiger partial charge in [0.05, 0.1) is 0 Å². The van der Waals surface area contributed by atoms with Crippen LogP contribution < -0.4 is 0 Å². The molecule has 0 saturated heterocycles. The van der Waals surface area contributed by atoms with E-state index in [1.165, 1.54) is 25.7 Å². The van der Waals surface area contributed by atoms with Crippen LogP contribution in [0.5, 0.6) is 0 Å². The number of hydrogen-bond acceptors (Lipinski definition) is 2. The first kappa shape index (κ1) is 10.0. The second-order valence-electron chi connectivity index (χ2n) is 4.11. The number of rotatable bonds is 3. The van der Waals surface area contributed by atoms with Gasteiger partial charge in [0.1, 0.15) is 6.23 Å². The second-order valence-corrected chi connectivity index (χ2v) is 4.11. The van der Waals surface area contributed by atoms with Gasteiger partial charge in [-0.2, -0.15) is 0 Å². The fourth-order valence-corrected chi connectivity index (χ4v) is 2.36. The zero-order valence-corrected chi connectivity index (χ0v) is 8.45. The van der Waals surface area contributed by atoms with Gasteiger partial charge in [-0.1, -0.05) is 12.8 Å². The summed E-state index contributed by atoms with van der Waals surface area (Å²) in [5.74, 6) is 0. The van der Waals surface area contributed by atoms with Gasteiger partial charge in [-0.25, -0.2) is 0 Å². The Hall–Kier alpha value is -0.0800. The third-order valence-corrected chi connectivity index (χ3v) is 2.77. The second kappa shape index (κ2) is 4.24. The molecule has 1 unspecified atom stereocenters. The van der Waals surface area contributed by atoms with Crippen molar-refractivity contribution in [3.63, 3.8) is 0 Å². The van der Waals surface area contributed by atoms with E-state index in [0.717, 1.165) is 0 Å². The average molecular weight is 171 g/mol. The van der Waals surface area contributed by atoms with E-state index in [9.17, 15) is 5.11 Å². The molecule has 1 rings (SSSR count). The summed E-state index contributed by atoms with van der Waals surface area (Å²) in [5, 5.41) is 9.57. The van der Waals surface area contributed by atoms with Crippen molar-refractivity contribution < 1.29 is 5.11 Å². The van der Waals surface area contributed by atoms with E-state index in [1.807, 2.05) is 6.92 Å². The van der Waals surface area contributed by atoms with Crippen LogP contribution >= 0.6 is 0 Å². The zero-order chi connectivity index (χ0) is 9.14. The van der Waals surface area contributed by atoms with Gasteiger partial charge < -0.3 is 5.11 Å². The predicted molar refractivity (Wildman–Crippen MR) is 50.9 cm³/mol. The van der Waals surface area contributed by atoms with E-state index in [1.54, 1.807) is 0 Å². The Labute approximate surface area is 75.6 Å². The predicted octanol–water partition coefficient (Wildman–Crippen LogP) is 1.98. The first-order valence-electron chi connectivity index (χ1n) is 5.08. The van der Waals surface area contributed by atoms with Crippen LogP contribution in [0, 0.1) is 0 Å². The molecule has 12 heavy (non-hydrogen) atoms. The Kier molecular flexibility index (Phi) is 3.53. The van der Waals surface area contributed by atoms with Crippen molar-refractivity contribution in [1.82, 2.24) is 4.90 Å². The van der Waals surface area contributed by atoms with Crippen molar-refractivity contribution in [1.29, 1.82) is 0 Å². The van der Waals surface area contributed by atoms with E-state index in [2.05, 4.69) is 18.7 Å². The minimum Gasteiger partial charge on any atom is -0.379 e. The van der Waals surface area contributed by atoms with E-state index >= 15 is 0 Å². The quantitative estimate of drug-likeness (QED) is 0.656. The van der Waals surface area contributed by atoms with Gasteiger partial charge >= 0.3 is 0 Å². The number of aliphatic hydroxyl groups is 1. The fraction of sp³-hybridized carbons (Fsp3) is 1.00. The summed E-state index contributed by atoms with van der Waals surface area (Å²) in [6.07, 6.45) is 4.92. The summed E-state index contributed by atoms with van der Waals surface area (Å²) >= 11 is 0. The third kappa shape index (κ3) is 2.20. The molecule has 72 valence electrons. The van der Waals surface area contributed by atoms with Gasteiger partial charge in [-0.3, -0.25) is 4.90 Å². The number of nitrogens with zero attached hydrogens (tertiary/aromatic N) is 1. The van der Waals surface area contributed by atoms with Crippen LogP contribution in [0.15, 0.2) is 0 Å². The van der Waals surface area contributed by atoms with Gasteiger partial charge in [-0.15, -0.1) is 0 Å². The lowest BCUT2D eigenvalue weighted by molar-refractivity contribution is -0.0313. The van der Waals surface area contributed by atoms with E-state index in [4.69, 9.17) is 0 Å². The van der Waals surface area contributed by atoms with Gasteiger partial charge in [-0.05, 0) is 33.6 Å². The number of aliphatic hydroxyl groups excluding tert-OH is 1. The Bertz CT molecular complexity index is 120. The Morgan fingerprint density at radius 3 is 2.00 bits per heavy atom. The lowest BCUT2D eigenvalue weighted by Gasteiger charge is -2.34. The molecule has 1 atom stereocenters. The van der Waals surface area contributed by atoms with Crippen LogP contribution in [0.4, 0.5) is 0 Å². The monoisotopic (exact) mass is 171 g/mol. The van der Waals surface area contributed by atoms with Crippen molar-refractivity contribution in [3.8, 4) is 0 Å². The molecule has 1 aliphatic carbocycles. The lowest BCUT2D eigenvalue weighted by Crippen LogP contribution is -2.44. The Morgan fingerprint density at radius 2 is 1.67 bits per heavy atom. The van der Waals surface area contributed by atoms with Crippen molar-refractivity contribution in [2.45, 2.75) is 64.8 Å². The summed E-state index contributed by atoms with van der Waals surface area (Å²) in [4.78, 5) is 2.23. The highest BCUT2D eigenvalue weighted by Crippen LogP contribution is 2.26. The number of hydrogen-bond donors (Lipinski definition) is 1. The minimum atomic E-state index is -0.284. The minimum absolute atomic E-state index is 0.284. The van der Waals surface area contributed by atoms with E-state index < -0.39 is 0 Å². The molecule has 0 bridgehead atoms. The van der Waals surface area contributed by atoms with Crippen LogP contribution in [-0.4, -0.2) is 28.3 Å². The molecule has 1 fully saturated rings. The largest absolute Gasteiger partial charge is 0.379 e. The molecule has 0 radical (unpaired) electrons. The summed E-state index contributed by atoms with van der Waals surface area (Å²) in [7, 11) is 0. The molecular weight excluding hydrogens is 150 g/mol. The molecular formula is C10H21NO. The van der Waals surface area contributed by atoms with Crippen LogP contribution in [0.1, 0.15) is 46.5 Å². The summed E-state index contributed by atoms with van der Waals surface area (Å²) in [6, 6.07) is 1.10. The molecule has 0 aromatic heterocycles. The smallest absolute Gasteiger partial charge is 0.105 e. The molecule has 2 heteroatoms. The molecule has 0 aliphatic heterocycles. The van der Waals surface area contributed by atoms with Gasteiger partial charge in [0.25, 0.3) is 0 Å². The SMILES string of the molecule is CC(C)N(C(C)O)C1CCCC1. The normalized spacial score (nSPS) is 22.5. The highest BCUT2D eigenvalue weighted by atomic mass is 16.3. The van der Waals surface area contributed by atoms with Crippen molar-refractivity contribution in [3.05, 3.63) is 0 Å². The maximum absolute atomic E-state index is 9.57. The first-order valence-corrected chi connectivity index (χ1v) is 5.08. The standard InChI is InChI=1S/C10H21NO/c1-8(2)11(9(3)12)10-6-4-5-7-10/h8-10,12H,4-7H2,1-3H3. The van der Waals surface area contributed by atoms with Gasteiger partial charge in [0.15, 0.2) is 0 Å². The lowest BCUT2D eigenvalue weighted by atomic mass is 10.1. The summed E-state index contributed by atoms with van der Waals surface area (Å²) in [5.41, 5.74) is 0. The molecule has 0 heterocycles. The molecule has 1 saturated carbocycles. The van der Waals surface area contributed by atoms with Gasteiger partial charge in [0, 0.05) is 12.1 Å². The molecule has 1 N–H and O–H groups in total. The maximum Gasteiger partial charge on any atom is 0.105 e. The molecule has 0 aromatic carbocycles. The van der Waals surface area contributed by atoms with Crippen LogP contribution in [0.25, 0.3) is 0 Å². The average Bonchev–Trinajstić information content (AvgIpc) is 2.37. The summed E-state index contributed by atoms with van der Waals surface area (Å²) < 4.78 is 0. The molecule has 0 aromatic rings. The van der Waals surface area contributed by atoms with Crippen molar-refractivity contribution in [2.24, 2.45) is 0 Å². The van der Waals surface area contributed by atoms with Crippen LogP contribution in [-0.2, 0) is 0 Å².